The zero-order chi connectivity index (χ0) is 8.27. The average Bonchev–Trinajstić information content (AvgIpc) is 1.95. The summed E-state index contributed by atoms with van der Waals surface area (Å²) in [5.41, 5.74) is 0.620. The van der Waals surface area contributed by atoms with Gasteiger partial charge in [-0.25, -0.2) is 0 Å². The quantitative estimate of drug-likeness (QED) is 0.528. The van der Waals surface area contributed by atoms with Crippen molar-refractivity contribution in [2.24, 2.45) is 0 Å². The third-order valence-electron chi connectivity index (χ3n) is 1.89. The van der Waals surface area contributed by atoms with Crippen molar-refractivity contribution >= 4 is 11.6 Å². The average molecular weight is 152 g/mol. The molecule has 0 heterocycles. The molecule has 0 bridgehead atoms. The van der Waals surface area contributed by atoms with E-state index in [1.54, 1.807) is 6.92 Å². The summed E-state index contributed by atoms with van der Waals surface area (Å²) in [6.07, 6.45) is 4.39. The van der Waals surface area contributed by atoms with Crippen LogP contribution in [0.25, 0.3) is 0 Å². The molecule has 0 aromatic rings. The first-order chi connectivity index (χ1) is 5.20. The van der Waals surface area contributed by atoms with Crippen LogP contribution in [0.1, 0.15) is 32.6 Å². The van der Waals surface area contributed by atoms with E-state index in [1.807, 2.05) is 0 Å². The number of carbonyl (C=O) groups is 2. The van der Waals surface area contributed by atoms with Crippen LogP contribution >= 0.6 is 0 Å². The Balaban J connectivity index is 2.75. The van der Waals surface area contributed by atoms with Crippen molar-refractivity contribution in [1.29, 1.82) is 0 Å². The summed E-state index contributed by atoms with van der Waals surface area (Å²) < 4.78 is 0. The number of Topliss-reactive ketones (excluding diaryl/α,β-unsaturated/α-hetero) is 1. The standard InChI is InChI=1S/C9H12O2/c1-7-6-8(10)4-2-3-5-9(7)11/h6H,2-5H2,1H3. The molecule has 0 fully saturated rings. The molecule has 60 valence electrons. The first-order valence-corrected chi connectivity index (χ1v) is 3.94. The maximum absolute atomic E-state index is 11.1. The molecule has 2 nitrogen and oxygen atoms in total. The summed E-state index contributed by atoms with van der Waals surface area (Å²) in [4.78, 5) is 22.1. The Morgan fingerprint density at radius 2 is 1.82 bits per heavy atom. The molecule has 0 aromatic carbocycles. The predicted octanol–water partition coefficient (Wildman–Crippen LogP) is 1.64. The Labute approximate surface area is 66.3 Å². The van der Waals surface area contributed by atoms with Gasteiger partial charge in [-0.3, -0.25) is 9.59 Å². The fourth-order valence-electron chi connectivity index (χ4n) is 1.18. The van der Waals surface area contributed by atoms with Crippen LogP contribution in [0.5, 0.6) is 0 Å². The van der Waals surface area contributed by atoms with Crippen molar-refractivity contribution in [3.63, 3.8) is 0 Å². The van der Waals surface area contributed by atoms with Gasteiger partial charge in [-0.1, -0.05) is 0 Å². The molecule has 0 amide bonds. The van der Waals surface area contributed by atoms with Gasteiger partial charge in [-0.05, 0) is 31.4 Å². The van der Waals surface area contributed by atoms with E-state index in [4.69, 9.17) is 0 Å². The van der Waals surface area contributed by atoms with Crippen LogP contribution in [0.3, 0.4) is 0 Å². The largest absolute Gasteiger partial charge is 0.295 e. The van der Waals surface area contributed by atoms with Crippen molar-refractivity contribution in [2.75, 3.05) is 0 Å². The lowest BCUT2D eigenvalue weighted by Gasteiger charge is -2.04. The number of carbonyl (C=O) groups excluding carboxylic acids is 2. The highest BCUT2D eigenvalue weighted by Crippen LogP contribution is 2.11. The van der Waals surface area contributed by atoms with Gasteiger partial charge in [0.25, 0.3) is 0 Å². The Hall–Kier alpha value is -0.920. The van der Waals surface area contributed by atoms with Crippen molar-refractivity contribution in [1.82, 2.24) is 0 Å². The van der Waals surface area contributed by atoms with E-state index >= 15 is 0 Å². The fourth-order valence-corrected chi connectivity index (χ4v) is 1.18. The van der Waals surface area contributed by atoms with Crippen LogP contribution in [0.15, 0.2) is 11.6 Å². The molecule has 0 saturated carbocycles. The molecule has 0 aliphatic heterocycles. The molecule has 0 N–H and O–H groups in total. The van der Waals surface area contributed by atoms with Crippen LogP contribution in [-0.2, 0) is 9.59 Å². The Bertz CT molecular complexity index is 214. The second-order valence-corrected chi connectivity index (χ2v) is 2.92. The van der Waals surface area contributed by atoms with Crippen molar-refractivity contribution in [2.45, 2.75) is 32.6 Å². The smallest absolute Gasteiger partial charge is 0.158 e. The van der Waals surface area contributed by atoms with Gasteiger partial charge in [0, 0.05) is 12.8 Å². The minimum absolute atomic E-state index is 0.0931. The number of hydrogen-bond donors (Lipinski definition) is 0. The van der Waals surface area contributed by atoms with Crippen molar-refractivity contribution < 1.29 is 9.59 Å². The van der Waals surface area contributed by atoms with Crippen molar-refractivity contribution in [3.05, 3.63) is 11.6 Å². The molecule has 1 aliphatic carbocycles. The lowest BCUT2D eigenvalue weighted by molar-refractivity contribution is -0.118. The van der Waals surface area contributed by atoms with E-state index in [0.29, 0.717) is 18.4 Å². The zero-order valence-electron chi connectivity index (χ0n) is 6.72. The monoisotopic (exact) mass is 152 g/mol. The molecule has 1 aliphatic rings. The Kier molecular flexibility index (Phi) is 2.58. The summed E-state index contributed by atoms with van der Waals surface area (Å²) in [5, 5.41) is 0. The maximum Gasteiger partial charge on any atom is 0.158 e. The lowest BCUT2D eigenvalue weighted by atomic mass is 9.99. The van der Waals surface area contributed by atoms with Crippen LogP contribution in [0.4, 0.5) is 0 Å². The molecule has 0 aromatic heterocycles. The van der Waals surface area contributed by atoms with Gasteiger partial charge >= 0.3 is 0 Å². The highest BCUT2D eigenvalue weighted by Gasteiger charge is 2.10. The highest BCUT2D eigenvalue weighted by molar-refractivity contribution is 6.02. The third kappa shape index (κ3) is 2.30. The SMILES string of the molecule is CC1=CC(=O)CCCCC1=O. The van der Waals surface area contributed by atoms with E-state index in [1.165, 1.54) is 6.08 Å². The Morgan fingerprint density at radius 1 is 1.18 bits per heavy atom. The second kappa shape index (κ2) is 3.46. The summed E-state index contributed by atoms with van der Waals surface area (Å²) in [5.74, 6) is 0.216. The molecule has 0 atom stereocenters. The van der Waals surface area contributed by atoms with Crippen LogP contribution in [0.2, 0.25) is 0 Å². The van der Waals surface area contributed by atoms with E-state index in [-0.39, 0.29) is 11.6 Å². The molecule has 11 heavy (non-hydrogen) atoms. The first-order valence-electron chi connectivity index (χ1n) is 3.94. The summed E-state index contributed by atoms with van der Waals surface area (Å²) in [7, 11) is 0. The molecule has 1 rings (SSSR count). The Morgan fingerprint density at radius 3 is 2.55 bits per heavy atom. The van der Waals surface area contributed by atoms with Gasteiger partial charge in [-0.15, -0.1) is 0 Å². The second-order valence-electron chi connectivity index (χ2n) is 2.92. The summed E-state index contributed by atoms with van der Waals surface area (Å²) >= 11 is 0. The number of allylic oxidation sites excluding steroid dienone is 2. The van der Waals surface area contributed by atoms with E-state index in [2.05, 4.69) is 0 Å². The fraction of sp³-hybridized carbons (Fsp3) is 0.556. The number of hydrogen-bond acceptors (Lipinski definition) is 2. The lowest BCUT2D eigenvalue weighted by Crippen LogP contribution is -2.06. The highest BCUT2D eigenvalue weighted by atomic mass is 16.1. The van der Waals surface area contributed by atoms with Gasteiger partial charge in [0.05, 0.1) is 0 Å². The summed E-state index contributed by atoms with van der Waals surface area (Å²) in [6, 6.07) is 0. The predicted molar refractivity (Wildman–Crippen MR) is 42.2 cm³/mol. The molecule has 0 radical (unpaired) electrons. The van der Waals surface area contributed by atoms with Crippen LogP contribution < -0.4 is 0 Å². The van der Waals surface area contributed by atoms with E-state index in [9.17, 15) is 9.59 Å². The normalized spacial score (nSPS) is 20.6. The topological polar surface area (TPSA) is 34.1 Å². The third-order valence-corrected chi connectivity index (χ3v) is 1.89. The number of ketones is 2. The van der Waals surface area contributed by atoms with E-state index in [0.717, 1.165) is 12.8 Å². The first kappa shape index (κ1) is 8.18. The molecular weight excluding hydrogens is 140 g/mol. The van der Waals surface area contributed by atoms with Gasteiger partial charge in [0.2, 0.25) is 0 Å². The molecule has 2 heteroatoms. The van der Waals surface area contributed by atoms with E-state index < -0.39 is 0 Å². The van der Waals surface area contributed by atoms with Gasteiger partial charge in [0.1, 0.15) is 0 Å². The zero-order valence-corrected chi connectivity index (χ0v) is 6.72. The van der Waals surface area contributed by atoms with Crippen LogP contribution in [-0.4, -0.2) is 11.6 Å². The molecular formula is C9H12O2. The van der Waals surface area contributed by atoms with Gasteiger partial charge in [0.15, 0.2) is 11.6 Å². The van der Waals surface area contributed by atoms with Gasteiger partial charge < -0.3 is 0 Å². The summed E-state index contributed by atoms with van der Waals surface area (Å²) in [6.45, 7) is 1.71. The number of rotatable bonds is 0. The minimum atomic E-state index is 0.0931. The van der Waals surface area contributed by atoms with Crippen molar-refractivity contribution in [3.8, 4) is 0 Å². The van der Waals surface area contributed by atoms with Crippen LogP contribution in [0, 0.1) is 0 Å². The molecule has 0 saturated heterocycles. The van der Waals surface area contributed by atoms with Gasteiger partial charge in [-0.2, -0.15) is 0 Å². The maximum atomic E-state index is 11.1. The molecule has 0 spiro atoms. The molecule has 0 unspecified atom stereocenters. The minimum Gasteiger partial charge on any atom is -0.295 e.